The average Bonchev–Trinajstić information content (AvgIpc) is 3.19. The van der Waals surface area contributed by atoms with E-state index in [0.717, 1.165) is 16.6 Å². The number of nitrogens with one attached hydrogen (secondary N) is 2. The zero-order chi connectivity index (χ0) is 18.1. The maximum atomic E-state index is 12.4. The molecule has 0 radical (unpaired) electrons. The number of pyridine rings is 1. The molecule has 0 saturated carbocycles. The van der Waals surface area contributed by atoms with Crippen molar-refractivity contribution in [1.82, 2.24) is 20.2 Å². The van der Waals surface area contributed by atoms with Gasteiger partial charge in [-0.05, 0) is 32.0 Å². The average molecular weight is 347 g/mol. The molecule has 4 rings (SSSR count). The lowest BCUT2D eigenvalue weighted by atomic mass is 10.2. The van der Waals surface area contributed by atoms with Crippen LogP contribution in [0.15, 0.2) is 47.0 Å². The summed E-state index contributed by atoms with van der Waals surface area (Å²) in [7, 11) is 0. The molecule has 26 heavy (non-hydrogen) atoms. The molecule has 3 aromatic heterocycles. The number of oxazole rings is 1. The summed E-state index contributed by atoms with van der Waals surface area (Å²) in [5.41, 5.74) is 3.66. The molecule has 0 atom stereocenters. The number of carbonyl (C=O) groups is 1. The molecule has 0 unspecified atom stereocenters. The van der Waals surface area contributed by atoms with Gasteiger partial charge < -0.3 is 9.73 Å². The fraction of sp³-hybridized carbons (Fsp3) is 0.158. The van der Waals surface area contributed by atoms with Gasteiger partial charge in [-0.15, -0.1) is 0 Å². The molecule has 7 nitrogen and oxygen atoms in total. The van der Waals surface area contributed by atoms with Gasteiger partial charge in [-0.2, -0.15) is 5.10 Å². The van der Waals surface area contributed by atoms with Crippen molar-refractivity contribution in [3.63, 3.8) is 0 Å². The number of benzene rings is 1. The molecule has 0 bridgehead atoms. The summed E-state index contributed by atoms with van der Waals surface area (Å²) < 4.78 is 5.70. The Bertz CT molecular complexity index is 1080. The van der Waals surface area contributed by atoms with Gasteiger partial charge in [0.05, 0.1) is 24.0 Å². The van der Waals surface area contributed by atoms with E-state index < -0.39 is 0 Å². The predicted molar refractivity (Wildman–Crippen MR) is 97.6 cm³/mol. The highest BCUT2D eigenvalue weighted by Crippen LogP contribution is 2.22. The summed E-state index contributed by atoms with van der Waals surface area (Å²) in [4.78, 5) is 21.1. The van der Waals surface area contributed by atoms with Crippen LogP contribution >= 0.6 is 0 Å². The number of aromatic nitrogens is 4. The molecular weight excluding hydrogens is 330 g/mol. The highest BCUT2D eigenvalue weighted by molar-refractivity contribution is 5.94. The quantitative estimate of drug-likeness (QED) is 0.590. The lowest BCUT2D eigenvalue weighted by Gasteiger charge is -2.04. The Balaban J connectivity index is 1.51. The number of fused-ring (bicyclic) bond motifs is 1. The molecule has 0 spiro atoms. The lowest BCUT2D eigenvalue weighted by molar-refractivity contribution is -0.115. The fourth-order valence-electron chi connectivity index (χ4n) is 2.74. The first kappa shape index (κ1) is 16.0. The third kappa shape index (κ3) is 3.06. The van der Waals surface area contributed by atoms with Gasteiger partial charge in [0.25, 0.3) is 0 Å². The Morgan fingerprint density at radius 1 is 1.23 bits per heavy atom. The highest BCUT2D eigenvalue weighted by atomic mass is 16.4. The second kappa shape index (κ2) is 6.44. The summed E-state index contributed by atoms with van der Waals surface area (Å²) in [6, 6.07) is 11.5. The van der Waals surface area contributed by atoms with Crippen molar-refractivity contribution in [1.29, 1.82) is 0 Å². The van der Waals surface area contributed by atoms with Crippen LogP contribution in [0.1, 0.15) is 17.1 Å². The van der Waals surface area contributed by atoms with Gasteiger partial charge in [0, 0.05) is 16.6 Å². The summed E-state index contributed by atoms with van der Waals surface area (Å²) >= 11 is 0. The molecule has 2 N–H and O–H groups in total. The molecule has 1 aromatic carbocycles. The number of hydrogen-bond acceptors (Lipinski definition) is 5. The van der Waals surface area contributed by atoms with E-state index in [-0.39, 0.29) is 12.3 Å². The van der Waals surface area contributed by atoms with Crippen molar-refractivity contribution >= 4 is 22.6 Å². The summed E-state index contributed by atoms with van der Waals surface area (Å²) in [5, 5.41) is 10.7. The van der Waals surface area contributed by atoms with E-state index in [1.165, 1.54) is 0 Å². The molecule has 3 heterocycles. The SMILES string of the molecule is Cc1oc(-c2ccccc2)nc1CC(=O)Nc1cnc2n[nH]c(C)c2c1. The van der Waals surface area contributed by atoms with Crippen molar-refractivity contribution in [2.24, 2.45) is 0 Å². The molecule has 130 valence electrons. The Kier molecular flexibility index (Phi) is 3.96. The predicted octanol–water partition coefficient (Wildman–Crippen LogP) is 3.41. The normalized spacial score (nSPS) is 11.0. The van der Waals surface area contributed by atoms with Gasteiger partial charge >= 0.3 is 0 Å². The number of aryl methyl sites for hydroxylation is 2. The lowest BCUT2D eigenvalue weighted by Crippen LogP contribution is -2.15. The fourth-order valence-corrected chi connectivity index (χ4v) is 2.74. The zero-order valence-electron chi connectivity index (χ0n) is 14.4. The number of aromatic amines is 1. The number of anilines is 1. The van der Waals surface area contributed by atoms with Gasteiger partial charge in [0.15, 0.2) is 5.65 Å². The van der Waals surface area contributed by atoms with Crippen molar-refractivity contribution in [3.8, 4) is 11.5 Å². The number of H-pyrrole nitrogens is 1. The number of nitrogens with zero attached hydrogens (tertiary/aromatic N) is 3. The molecule has 0 aliphatic heterocycles. The van der Waals surface area contributed by atoms with E-state index >= 15 is 0 Å². The summed E-state index contributed by atoms with van der Waals surface area (Å²) in [5.74, 6) is 0.976. The number of carbonyl (C=O) groups excluding carboxylic acids is 1. The molecule has 0 saturated heterocycles. The maximum absolute atomic E-state index is 12.4. The monoisotopic (exact) mass is 347 g/mol. The standard InChI is InChI=1S/C19H17N5O2/c1-11-15-8-14(10-20-18(15)24-23-11)21-17(25)9-16-12(2)26-19(22-16)13-6-4-3-5-7-13/h3-8,10H,9H2,1-2H3,(H,21,25)(H,20,23,24). The number of hydrogen-bond donors (Lipinski definition) is 2. The zero-order valence-corrected chi connectivity index (χ0v) is 14.4. The molecule has 1 amide bonds. The van der Waals surface area contributed by atoms with Crippen LogP contribution in [0.2, 0.25) is 0 Å². The van der Waals surface area contributed by atoms with E-state index in [9.17, 15) is 4.79 Å². The Labute approximate surface area is 149 Å². The van der Waals surface area contributed by atoms with Crippen LogP contribution in [-0.2, 0) is 11.2 Å². The van der Waals surface area contributed by atoms with Crippen molar-refractivity contribution in [2.75, 3.05) is 5.32 Å². The summed E-state index contributed by atoms with van der Waals surface area (Å²) in [6.07, 6.45) is 1.72. The van der Waals surface area contributed by atoms with Crippen LogP contribution in [0.25, 0.3) is 22.5 Å². The largest absolute Gasteiger partial charge is 0.441 e. The van der Waals surface area contributed by atoms with Crippen LogP contribution in [0, 0.1) is 13.8 Å². The minimum Gasteiger partial charge on any atom is -0.441 e. The van der Waals surface area contributed by atoms with E-state index in [1.54, 1.807) is 6.20 Å². The summed E-state index contributed by atoms with van der Waals surface area (Å²) in [6.45, 7) is 3.72. The molecular formula is C19H17N5O2. The van der Waals surface area contributed by atoms with E-state index in [0.29, 0.717) is 28.7 Å². The van der Waals surface area contributed by atoms with E-state index in [1.807, 2.05) is 50.2 Å². The van der Waals surface area contributed by atoms with Crippen LogP contribution in [0.4, 0.5) is 5.69 Å². The van der Waals surface area contributed by atoms with E-state index in [4.69, 9.17) is 4.42 Å². The molecule has 0 aliphatic carbocycles. The van der Waals surface area contributed by atoms with Crippen molar-refractivity contribution in [2.45, 2.75) is 20.3 Å². The molecule has 0 fully saturated rings. The van der Waals surface area contributed by atoms with E-state index in [2.05, 4.69) is 25.5 Å². The van der Waals surface area contributed by atoms with Gasteiger partial charge in [0.1, 0.15) is 5.76 Å². The van der Waals surface area contributed by atoms with Gasteiger partial charge in [-0.1, -0.05) is 18.2 Å². The number of amides is 1. The van der Waals surface area contributed by atoms with Gasteiger partial charge in [-0.25, -0.2) is 9.97 Å². The maximum Gasteiger partial charge on any atom is 0.230 e. The minimum absolute atomic E-state index is 0.130. The molecule has 7 heteroatoms. The van der Waals surface area contributed by atoms with Gasteiger partial charge in [-0.3, -0.25) is 9.89 Å². The van der Waals surface area contributed by atoms with Crippen molar-refractivity contribution in [3.05, 3.63) is 59.7 Å². The topological polar surface area (TPSA) is 96.7 Å². The third-order valence-electron chi connectivity index (χ3n) is 4.13. The van der Waals surface area contributed by atoms with Crippen molar-refractivity contribution < 1.29 is 9.21 Å². The molecule has 4 aromatic rings. The first-order valence-corrected chi connectivity index (χ1v) is 8.22. The smallest absolute Gasteiger partial charge is 0.230 e. The van der Waals surface area contributed by atoms with Crippen LogP contribution < -0.4 is 5.32 Å². The Hall–Kier alpha value is -3.48. The highest BCUT2D eigenvalue weighted by Gasteiger charge is 2.15. The Morgan fingerprint density at radius 2 is 2.04 bits per heavy atom. The molecule has 0 aliphatic rings. The minimum atomic E-state index is -0.177. The second-order valence-electron chi connectivity index (χ2n) is 6.06. The third-order valence-corrected chi connectivity index (χ3v) is 4.13. The number of rotatable bonds is 4. The first-order chi connectivity index (χ1) is 12.6. The Morgan fingerprint density at radius 3 is 2.85 bits per heavy atom. The van der Waals surface area contributed by atoms with Crippen LogP contribution in [0.5, 0.6) is 0 Å². The van der Waals surface area contributed by atoms with Gasteiger partial charge in [0.2, 0.25) is 11.8 Å². The van der Waals surface area contributed by atoms with Crippen LogP contribution in [0.3, 0.4) is 0 Å². The van der Waals surface area contributed by atoms with Crippen LogP contribution in [-0.4, -0.2) is 26.1 Å². The second-order valence-corrected chi connectivity index (χ2v) is 6.06. The first-order valence-electron chi connectivity index (χ1n) is 8.22.